The average molecular weight is 720 g/mol. The van der Waals surface area contributed by atoms with Gasteiger partial charge < -0.3 is 13.8 Å². The number of aromatic nitrogens is 3. The molecule has 1 aliphatic heterocycles. The average Bonchev–Trinajstić information content (AvgIpc) is 3.61. The molecule has 7 rings (SSSR count). The van der Waals surface area contributed by atoms with E-state index in [1.54, 1.807) is 14.1 Å². The summed E-state index contributed by atoms with van der Waals surface area (Å²) in [5, 5.41) is 0.772. The zero-order valence-corrected chi connectivity index (χ0v) is 30.1. The van der Waals surface area contributed by atoms with Gasteiger partial charge in [-0.15, -0.1) is 0 Å². The van der Waals surface area contributed by atoms with E-state index < -0.39 is 24.7 Å². The Morgan fingerprint density at radius 3 is 1.94 bits per heavy atom. The molecule has 3 heterocycles. The lowest BCUT2D eigenvalue weighted by Gasteiger charge is -2.50. The first-order valence-electron chi connectivity index (χ1n) is 16.8. The van der Waals surface area contributed by atoms with Crippen LogP contribution in [0.25, 0.3) is 11.0 Å². The molecule has 2 aromatic heterocycles. The van der Waals surface area contributed by atoms with E-state index in [0.29, 0.717) is 30.0 Å². The second-order valence-electron chi connectivity index (χ2n) is 12.8. The van der Waals surface area contributed by atoms with Crippen LogP contribution in [-0.2, 0) is 25.8 Å². The van der Waals surface area contributed by atoms with Crippen molar-refractivity contribution in [2.45, 2.75) is 24.3 Å². The van der Waals surface area contributed by atoms with Gasteiger partial charge in [-0.05, 0) is 48.1 Å². The minimum Gasteiger partial charge on any atom is -0.350 e. The molecule has 1 aliphatic rings. The fraction of sp³-hybridized carbons (Fsp3) is 0.225. The summed E-state index contributed by atoms with van der Waals surface area (Å²) in [6.07, 6.45) is 2.47. The number of Topliss-reactive ketones (excluding diaryl/α,β-unsaturated/α-hetero) is 1. The van der Waals surface area contributed by atoms with Crippen molar-refractivity contribution in [1.29, 1.82) is 0 Å². The first-order valence-corrected chi connectivity index (χ1v) is 19.3. The van der Waals surface area contributed by atoms with E-state index in [0.717, 1.165) is 22.1 Å². The van der Waals surface area contributed by atoms with Gasteiger partial charge in [-0.2, -0.15) is 0 Å². The van der Waals surface area contributed by atoms with Crippen LogP contribution in [0.15, 0.2) is 140 Å². The highest BCUT2D eigenvalue weighted by Crippen LogP contribution is 2.54. The monoisotopic (exact) mass is 719 g/mol. The van der Waals surface area contributed by atoms with E-state index in [1.807, 2.05) is 65.4 Å². The van der Waals surface area contributed by atoms with E-state index in [1.165, 1.54) is 11.0 Å². The summed E-state index contributed by atoms with van der Waals surface area (Å²) in [7, 11) is 3.25. The van der Waals surface area contributed by atoms with Crippen LogP contribution in [0.5, 0.6) is 0 Å². The number of carbonyl (C=O) groups excluding carboxylic acids is 1. The first-order chi connectivity index (χ1) is 24.8. The van der Waals surface area contributed by atoms with Crippen LogP contribution < -0.4 is 0 Å². The summed E-state index contributed by atoms with van der Waals surface area (Å²) < 4.78 is 29.2. The molecule has 1 unspecified atom stereocenters. The van der Waals surface area contributed by atoms with Crippen molar-refractivity contribution in [2.24, 2.45) is 0 Å². The van der Waals surface area contributed by atoms with E-state index in [-0.39, 0.29) is 18.8 Å². The number of ketones is 1. The number of rotatable bonds is 12. The third-order valence-corrected chi connectivity index (χ3v) is 12.0. The number of fused-ring (bicyclic) bond motifs is 1. The van der Waals surface area contributed by atoms with E-state index in [9.17, 15) is 9.36 Å². The molecular weight excluding hydrogens is 681 g/mol. The lowest BCUT2D eigenvalue weighted by atomic mass is 9.75. The third-order valence-electron chi connectivity index (χ3n) is 9.42. The van der Waals surface area contributed by atoms with Crippen molar-refractivity contribution in [2.75, 3.05) is 33.8 Å². The molecule has 0 bridgehead atoms. The maximum Gasteiger partial charge on any atom is 0.362 e. The fourth-order valence-electron chi connectivity index (χ4n) is 6.99. The van der Waals surface area contributed by atoms with Gasteiger partial charge in [-0.25, -0.2) is 14.6 Å². The predicted molar refractivity (Wildman–Crippen MR) is 200 cm³/mol. The summed E-state index contributed by atoms with van der Waals surface area (Å²) in [6.45, 7) is -2.70. The Kier molecular flexibility index (Phi) is 10.3. The highest BCUT2D eigenvalue weighted by molar-refractivity contribution is 7.83. The van der Waals surface area contributed by atoms with Crippen LogP contribution in [0.3, 0.4) is 0 Å². The Hall–Kier alpha value is -4.47. The van der Waals surface area contributed by atoms with Crippen molar-refractivity contribution >= 4 is 34.9 Å². The van der Waals surface area contributed by atoms with Gasteiger partial charge in [0, 0.05) is 30.2 Å². The van der Waals surface area contributed by atoms with Crippen LogP contribution in [0.4, 0.5) is 0 Å². The molecule has 0 N–H and O–H groups in total. The Morgan fingerprint density at radius 1 is 0.843 bits per heavy atom. The highest BCUT2D eigenvalue weighted by atomic mass is 35.7. The molecule has 3 atom stereocenters. The van der Waals surface area contributed by atoms with Crippen LogP contribution in [0.1, 0.15) is 39.0 Å². The van der Waals surface area contributed by atoms with Gasteiger partial charge in [0.15, 0.2) is 5.78 Å². The zero-order chi connectivity index (χ0) is 35.4. The Balaban J connectivity index is 1.34. The molecule has 1 saturated heterocycles. The largest absolute Gasteiger partial charge is 0.362 e. The van der Waals surface area contributed by atoms with E-state index in [4.69, 9.17) is 25.5 Å². The van der Waals surface area contributed by atoms with Crippen molar-refractivity contribution in [3.63, 3.8) is 0 Å². The van der Waals surface area contributed by atoms with Gasteiger partial charge in [0.05, 0.1) is 30.4 Å². The Bertz CT molecular complexity index is 2040. The zero-order valence-electron chi connectivity index (χ0n) is 28.5. The summed E-state index contributed by atoms with van der Waals surface area (Å²) in [5.41, 5.74) is 4.42. The number of nitrogens with zero attached hydrogens (tertiary/aromatic N) is 5. The number of ether oxygens (including phenoxy) is 1. The maximum atomic E-state index is 13.2. The fourth-order valence-corrected chi connectivity index (χ4v) is 7.74. The maximum absolute atomic E-state index is 13.2. The molecule has 1 fully saturated rings. The molecule has 260 valence electrons. The number of morpholine rings is 1. The quantitative estimate of drug-likeness (QED) is 0.0715. The van der Waals surface area contributed by atoms with Gasteiger partial charge in [-0.1, -0.05) is 121 Å². The molecule has 0 radical (unpaired) electrons. The SMILES string of the molecule is CN(C)P(=O)(Cl)OC[C@@H]1CN(C(c2ccccc2)(c2ccccc2)c2ccccc2)C[C@H](n2ccc3c(CC(=O)c4ccccc4)ncnc32)O1. The summed E-state index contributed by atoms with van der Waals surface area (Å²) in [6, 6.07) is 42.5. The summed E-state index contributed by atoms with van der Waals surface area (Å²) >= 11 is 6.36. The molecule has 11 heteroatoms. The van der Waals surface area contributed by atoms with Gasteiger partial charge >= 0.3 is 6.87 Å². The number of halogens is 1. The van der Waals surface area contributed by atoms with Crippen molar-refractivity contribution in [1.82, 2.24) is 24.1 Å². The standard InChI is InChI=1S/C40H39ClN5O4P/c1-44(2)51(41,48)49-28-34-26-45(40(31-17-9-4-10-18-31,32-19-11-5-12-20-32)33-21-13-6-14-22-33)27-38(50-34)46-24-23-35-36(42-29-43-39(35)46)25-37(47)30-15-7-3-8-16-30/h3-24,29,34,38H,25-28H2,1-2H3/t34-,38+,51?/m0/s1. The van der Waals surface area contributed by atoms with Crippen molar-refractivity contribution in [3.05, 3.63) is 168 Å². The minimum absolute atomic E-state index is 0.00851. The van der Waals surface area contributed by atoms with Crippen molar-refractivity contribution < 1.29 is 18.6 Å². The number of hydrogen-bond donors (Lipinski definition) is 0. The van der Waals surface area contributed by atoms with Crippen LogP contribution >= 0.6 is 18.1 Å². The van der Waals surface area contributed by atoms with Gasteiger partial charge in [0.1, 0.15) is 18.2 Å². The first kappa shape index (κ1) is 35.0. The molecular formula is C40H39ClN5O4P. The van der Waals surface area contributed by atoms with Crippen molar-refractivity contribution in [3.8, 4) is 0 Å². The lowest BCUT2D eigenvalue weighted by Crippen LogP contribution is -2.57. The third kappa shape index (κ3) is 7.06. The molecule has 51 heavy (non-hydrogen) atoms. The second kappa shape index (κ2) is 15.0. The number of benzene rings is 4. The number of hydrogen-bond acceptors (Lipinski definition) is 7. The van der Waals surface area contributed by atoms with Gasteiger partial charge in [-0.3, -0.25) is 14.3 Å². The molecule has 0 saturated carbocycles. The topological polar surface area (TPSA) is 89.8 Å². The minimum atomic E-state index is -3.58. The predicted octanol–water partition coefficient (Wildman–Crippen LogP) is 7.97. The smallest absolute Gasteiger partial charge is 0.350 e. The summed E-state index contributed by atoms with van der Waals surface area (Å²) in [5.74, 6) is -0.0228. The molecule has 0 spiro atoms. The van der Waals surface area contributed by atoms with E-state index >= 15 is 0 Å². The molecule has 9 nitrogen and oxygen atoms in total. The summed E-state index contributed by atoms with van der Waals surface area (Å²) in [4.78, 5) is 24.8. The molecule has 0 aliphatic carbocycles. The Labute approximate surface area is 302 Å². The Morgan fingerprint density at radius 2 is 1.39 bits per heavy atom. The van der Waals surface area contributed by atoms with Crippen LogP contribution in [-0.4, -0.2) is 69.8 Å². The second-order valence-corrected chi connectivity index (χ2v) is 16.0. The van der Waals surface area contributed by atoms with E-state index in [2.05, 4.69) is 82.7 Å². The molecule has 0 amide bonds. The molecule has 6 aromatic rings. The normalized spacial score (nSPS) is 18.1. The van der Waals surface area contributed by atoms with Crippen LogP contribution in [0, 0.1) is 0 Å². The van der Waals surface area contributed by atoms with Gasteiger partial charge in [0.25, 0.3) is 0 Å². The molecule has 4 aromatic carbocycles. The number of carbonyl (C=O) groups is 1. The highest BCUT2D eigenvalue weighted by Gasteiger charge is 2.47. The van der Waals surface area contributed by atoms with Gasteiger partial charge in [0.2, 0.25) is 0 Å². The van der Waals surface area contributed by atoms with Crippen LogP contribution in [0.2, 0.25) is 0 Å². The lowest BCUT2D eigenvalue weighted by molar-refractivity contribution is -0.145.